The molecule has 2 aromatic carbocycles. The van der Waals surface area contributed by atoms with Crippen molar-refractivity contribution in [3.63, 3.8) is 0 Å². The zero-order valence-electron chi connectivity index (χ0n) is 23.1. The molecule has 1 saturated carbocycles. The number of hydrogen-bond acceptors (Lipinski definition) is 6. The van der Waals surface area contributed by atoms with E-state index in [1.54, 1.807) is 14.0 Å². The number of ether oxygens (including phenoxy) is 1. The molecule has 2 heterocycles. The smallest absolute Gasteiger partial charge is 0.289 e. The van der Waals surface area contributed by atoms with Crippen LogP contribution in [0, 0.1) is 6.92 Å². The van der Waals surface area contributed by atoms with Crippen LogP contribution in [-0.2, 0) is 21.8 Å². The zero-order chi connectivity index (χ0) is 29.5. The minimum Gasteiger partial charge on any atom is -0.289 e. The van der Waals surface area contributed by atoms with Gasteiger partial charge in [-0.25, -0.2) is 13.4 Å². The van der Waals surface area contributed by atoms with Crippen LogP contribution in [0.25, 0.3) is 21.7 Å². The maximum Gasteiger partial charge on any atom is 0.522 e. The molecule has 2 atom stereocenters. The van der Waals surface area contributed by atoms with E-state index < -0.39 is 22.5 Å². The number of halogens is 3. The Labute approximate surface area is 241 Å². The number of aryl methyl sites for hydroxylation is 2. The first kappa shape index (κ1) is 29.3. The Kier molecular flexibility index (Phi) is 8.01. The lowest BCUT2D eigenvalue weighted by molar-refractivity contribution is -0.341. The molecule has 12 heteroatoms. The van der Waals surface area contributed by atoms with Gasteiger partial charge in [-0.2, -0.15) is 5.10 Å². The van der Waals surface area contributed by atoms with Crippen LogP contribution in [0.1, 0.15) is 61.8 Å². The number of thiazole rings is 1. The van der Waals surface area contributed by atoms with E-state index >= 15 is 0 Å². The number of anilines is 1. The predicted molar refractivity (Wildman–Crippen MR) is 153 cm³/mol. The average molecular weight is 605 g/mol. The molecule has 5 rings (SSSR count). The lowest BCUT2D eigenvalue weighted by Crippen LogP contribution is -2.21. The third-order valence-corrected chi connectivity index (χ3v) is 9.84. The lowest BCUT2D eigenvalue weighted by atomic mass is 9.92. The number of alkyl halides is 3. The Bertz CT molecular complexity index is 1660. The number of nitrogens with one attached hydrogen (secondary N) is 1. The molecular weight excluding hydrogens is 573 g/mol. The van der Waals surface area contributed by atoms with Crippen molar-refractivity contribution in [2.45, 2.75) is 69.2 Å². The molecule has 0 bridgehead atoms. The van der Waals surface area contributed by atoms with Gasteiger partial charge >= 0.3 is 6.36 Å². The highest BCUT2D eigenvalue weighted by Gasteiger charge is 2.37. The second-order valence-corrected chi connectivity index (χ2v) is 13.3. The SMILES string of the molecule is Cc1nn(C)cc1S(=O)(=O)Nc1nc(-c2ccccc2C(C)C)c(-c2cccc([C@@H]3CC[C@H](OC(F)(F)F)C3)c2)s1. The second kappa shape index (κ2) is 11.2. The van der Waals surface area contributed by atoms with Gasteiger partial charge in [-0.1, -0.05) is 67.6 Å². The Morgan fingerprint density at radius 2 is 1.88 bits per heavy atom. The summed E-state index contributed by atoms with van der Waals surface area (Å²) in [6.07, 6.45) is -2.86. The average Bonchev–Trinajstić information content (AvgIpc) is 3.61. The van der Waals surface area contributed by atoms with E-state index in [4.69, 9.17) is 4.98 Å². The van der Waals surface area contributed by atoms with Crippen LogP contribution in [0.15, 0.2) is 59.6 Å². The van der Waals surface area contributed by atoms with Gasteiger partial charge < -0.3 is 0 Å². The van der Waals surface area contributed by atoms with E-state index in [9.17, 15) is 21.6 Å². The summed E-state index contributed by atoms with van der Waals surface area (Å²) in [6, 6.07) is 15.6. The van der Waals surface area contributed by atoms with E-state index in [0.29, 0.717) is 24.2 Å². The molecule has 0 saturated heterocycles. The number of rotatable bonds is 8. The molecule has 1 fully saturated rings. The van der Waals surface area contributed by atoms with E-state index in [2.05, 4.69) is 28.4 Å². The van der Waals surface area contributed by atoms with Crippen molar-refractivity contribution in [3.05, 3.63) is 71.5 Å². The van der Waals surface area contributed by atoms with Gasteiger partial charge in [0.2, 0.25) is 0 Å². The Balaban J connectivity index is 1.55. The summed E-state index contributed by atoms with van der Waals surface area (Å²) in [7, 11) is -2.30. The van der Waals surface area contributed by atoms with Crippen molar-refractivity contribution in [2.24, 2.45) is 7.05 Å². The fourth-order valence-corrected chi connectivity index (χ4v) is 7.87. The van der Waals surface area contributed by atoms with Gasteiger partial charge in [0, 0.05) is 18.8 Å². The summed E-state index contributed by atoms with van der Waals surface area (Å²) in [5.41, 5.74) is 4.70. The quantitative estimate of drug-likeness (QED) is 0.224. The van der Waals surface area contributed by atoms with Gasteiger partial charge in [-0.3, -0.25) is 14.1 Å². The molecule has 218 valence electrons. The van der Waals surface area contributed by atoms with Crippen LogP contribution in [0.5, 0.6) is 0 Å². The van der Waals surface area contributed by atoms with Gasteiger partial charge in [0.05, 0.1) is 22.4 Å². The summed E-state index contributed by atoms with van der Waals surface area (Å²) in [4.78, 5) is 5.62. The topological polar surface area (TPSA) is 86.1 Å². The van der Waals surface area contributed by atoms with Gasteiger partial charge in [0.15, 0.2) is 5.13 Å². The summed E-state index contributed by atoms with van der Waals surface area (Å²) >= 11 is 1.22. The Hall–Kier alpha value is -3.22. The number of nitrogens with zero attached hydrogens (tertiary/aromatic N) is 3. The Morgan fingerprint density at radius 1 is 1.12 bits per heavy atom. The van der Waals surface area contributed by atoms with Crippen molar-refractivity contribution >= 4 is 26.5 Å². The van der Waals surface area contributed by atoms with E-state index in [0.717, 1.165) is 27.1 Å². The lowest BCUT2D eigenvalue weighted by Gasteiger charge is -2.15. The van der Waals surface area contributed by atoms with Crippen LogP contribution in [0.2, 0.25) is 0 Å². The first-order chi connectivity index (χ1) is 19.3. The Morgan fingerprint density at radius 3 is 2.56 bits per heavy atom. The van der Waals surface area contributed by atoms with Crippen LogP contribution >= 0.6 is 11.3 Å². The standard InChI is InChI=1S/C29H31F3N4O3S2/c1-17(2)23-10-5-6-11-24(23)26-27(40-28(33-26)35-41(37,38)25-16-36(4)34-18(25)3)21-9-7-8-19(14-21)20-12-13-22(15-20)39-29(30,31)32/h5-11,14,16-17,20,22H,12-13,15H2,1-4H3,(H,33,35)/t20-,22+/m1/s1. The van der Waals surface area contributed by atoms with Crippen LogP contribution < -0.4 is 4.72 Å². The van der Waals surface area contributed by atoms with Gasteiger partial charge in [-0.05, 0) is 60.8 Å². The van der Waals surface area contributed by atoms with Crippen molar-refractivity contribution in [3.8, 4) is 21.7 Å². The van der Waals surface area contributed by atoms with Gasteiger partial charge in [0.1, 0.15) is 4.90 Å². The van der Waals surface area contributed by atoms with Crippen LogP contribution in [-0.4, -0.2) is 35.6 Å². The van der Waals surface area contributed by atoms with Crippen molar-refractivity contribution in [1.82, 2.24) is 14.8 Å². The molecule has 1 N–H and O–H groups in total. The number of benzene rings is 2. The van der Waals surface area contributed by atoms with Gasteiger partial charge in [0.25, 0.3) is 10.0 Å². The normalized spacial score (nSPS) is 17.9. The predicted octanol–water partition coefficient (Wildman–Crippen LogP) is 7.62. The highest BCUT2D eigenvalue weighted by Crippen LogP contribution is 2.44. The zero-order valence-corrected chi connectivity index (χ0v) is 24.7. The first-order valence-corrected chi connectivity index (χ1v) is 15.6. The summed E-state index contributed by atoms with van der Waals surface area (Å²) < 4.78 is 73.3. The number of sulfonamides is 1. The van der Waals surface area contributed by atoms with Crippen LogP contribution in [0.3, 0.4) is 0 Å². The first-order valence-electron chi connectivity index (χ1n) is 13.3. The van der Waals surface area contributed by atoms with Crippen molar-refractivity contribution in [1.29, 1.82) is 0 Å². The molecule has 2 aromatic heterocycles. The molecule has 0 spiro atoms. The van der Waals surface area contributed by atoms with E-state index in [1.807, 2.05) is 48.5 Å². The monoisotopic (exact) mass is 604 g/mol. The molecule has 0 amide bonds. The maximum atomic E-state index is 13.3. The molecule has 41 heavy (non-hydrogen) atoms. The second-order valence-electron chi connectivity index (χ2n) is 10.6. The summed E-state index contributed by atoms with van der Waals surface area (Å²) in [5.74, 6) is 0.113. The molecule has 4 aromatic rings. The molecule has 0 unspecified atom stereocenters. The highest BCUT2D eigenvalue weighted by atomic mass is 32.2. The third kappa shape index (κ3) is 6.49. The van der Waals surface area contributed by atoms with Gasteiger partial charge in [-0.15, -0.1) is 13.2 Å². The number of hydrogen-bond donors (Lipinski definition) is 1. The minimum absolute atomic E-state index is 0.0692. The summed E-state index contributed by atoms with van der Waals surface area (Å²) in [6.45, 7) is 5.80. The molecule has 7 nitrogen and oxygen atoms in total. The summed E-state index contributed by atoms with van der Waals surface area (Å²) in [5, 5.41) is 4.36. The number of aromatic nitrogens is 3. The van der Waals surface area contributed by atoms with E-state index in [-0.39, 0.29) is 28.3 Å². The highest BCUT2D eigenvalue weighted by molar-refractivity contribution is 7.93. The van der Waals surface area contributed by atoms with Crippen molar-refractivity contribution in [2.75, 3.05) is 4.72 Å². The minimum atomic E-state index is -4.65. The van der Waals surface area contributed by atoms with E-state index in [1.165, 1.54) is 22.2 Å². The fourth-order valence-electron chi connectivity index (χ4n) is 5.44. The molecular formula is C29H31F3N4O3S2. The molecule has 1 aliphatic carbocycles. The van der Waals surface area contributed by atoms with Crippen molar-refractivity contribution < 1.29 is 26.3 Å². The molecule has 1 aliphatic rings. The molecule has 0 radical (unpaired) electrons. The fraction of sp³-hybridized carbons (Fsp3) is 0.379. The largest absolute Gasteiger partial charge is 0.522 e. The van der Waals surface area contributed by atoms with Crippen LogP contribution in [0.4, 0.5) is 18.3 Å². The maximum absolute atomic E-state index is 13.3. The third-order valence-electron chi connectivity index (χ3n) is 7.25. The molecule has 0 aliphatic heterocycles.